The molecule has 2 bridgehead atoms. The molecule has 1 saturated carbocycles. The third kappa shape index (κ3) is 3.60. The average molecular weight is 414 g/mol. The zero-order valence-corrected chi connectivity index (χ0v) is 18.0. The van der Waals surface area contributed by atoms with Gasteiger partial charge in [-0.2, -0.15) is 4.31 Å². The molecule has 5 nitrogen and oxygen atoms in total. The molecule has 6 heteroatoms. The fourth-order valence-corrected chi connectivity index (χ4v) is 6.85. The first-order valence-electron chi connectivity index (χ1n) is 9.89. The van der Waals surface area contributed by atoms with E-state index in [-0.39, 0.29) is 11.2 Å². The molecule has 0 spiro atoms. The molecule has 2 atom stereocenters. The molecule has 0 N–H and O–H groups in total. The molecule has 2 aliphatic rings. The second-order valence-electron chi connectivity index (χ2n) is 8.97. The number of piperidine rings is 1. The number of methoxy groups -OCH3 is 1. The SMILES string of the molecule is COc1ccc(C23CC(=O)CC(C)(CN(S(=O)(=O)c4ccc(C)cc4)C2)C3)cc1. The predicted molar refractivity (Wildman–Crippen MR) is 112 cm³/mol. The van der Waals surface area contributed by atoms with Gasteiger partial charge in [-0.15, -0.1) is 0 Å². The van der Waals surface area contributed by atoms with E-state index in [1.807, 2.05) is 50.2 Å². The van der Waals surface area contributed by atoms with Crippen LogP contribution in [0.2, 0.25) is 0 Å². The molecule has 0 radical (unpaired) electrons. The van der Waals surface area contributed by atoms with Crippen LogP contribution in [-0.4, -0.2) is 38.7 Å². The van der Waals surface area contributed by atoms with Crippen LogP contribution in [0.3, 0.4) is 0 Å². The van der Waals surface area contributed by atoms with E-state index < -0.39 is 15.4 Å². The third-order valence-electron chi connectivity index (χ3n) is 6.32. The summed E-state index contributed by atoms with van der Waals surface area (Å²) in [5.74, 6) is 0.956. The highest BCUT2D eigenvalue weighted by atomic mass is 32.2. The lowest BCUT2D eigenvalue weighted by atomic mass is 9.57. The molecule has 0 amide bonds. The number of carbonyl (C=O) groups is 1. The molecular weight excluding hydrogens is 386 g/mol. The Morgan fingerprint density at radius 3 is 2.24 bits per heavy atom. The Labute approximate surface area is 172 Å². The van der Waals surface area contributed by atoms with Gasteiger partial charge in [-0.25, -0.2) is 8.42 Å². The molecule has 2 unspecified atom stereocenters. The third-order valence-corrected chi connectivity index (χ3v) is 8.13. The minimum atomic E-state index is -3.64. The number of nitrogens with zero attached hydrogens (tertiary/aromatic N) is 1. The van der Waals surface area contributed by atoms with E-state index in [0.717, 1.165) is 23.3 Å². The van der Waals surface area contributed by atoms with E-state index in [0.29, 0.717) is 30.8 Å². The maximum atomic E-state index is 13.4. The first-order chi connectivity index (χ1) is 13.7. The molecule has 2 aromatic rings. The lowest BCUT2D eigenvalue weighted by molar-refractivity contribution is -0.129. The van der Waals surface area contributed by atoms with E-state index >= 15 is 0 Å². The fraction of sp³-hybridized carbons (Fsp3) is 0.435. The molecule has 154 valence electrons. The first kappa shape index (κ1) is 20.1. The van der Waals surface area contributed by atoms with E-state index in [4.69, 9.17) is 4.74 Å². The molecule has 29 heavy (non-hydrogen) atoms. The molecule has 1 saturated heterocycles. The average Bonchev–Trinajstić information content (AvgIpc) is 2.66. The van der Waals surface area contributed by atoms with Crippen LogP contribution in [0.15, 0.2) is 53.4 Å². The van der Waals surface area contributed by atoms with Gasteiger partial charge >= 0.3 is 0 Å². The van der Waals surface area contributed by atoms with Gasteiger partial charge in [0.2, 0.25) is 10.0 Å². The second kappa shape index (κ2) is 6.96. The Kier molecular flexibility index (Phi) is 4.82. The number of hydrogen-bond donors (Lipinski definition) is 0. The Morgan fingerprint density at radius 1 is 0.966 bits per heavy atom. The van der Waals surface area contributed by atoms with Gasteiger partial charge in [0.05, 0.1) is 12.0 Å². The number of ketones is 1. The molecule has 1 heterocycles. The van der Waals surface area contributed by atoms with Gasteiger partial charge < -0.3 is 4.74 Å². The van der Waals surface area contributed by atoms with Crippen molar-refractivity contribution in [3.8, 4) is 5.75 Å². The summed E-state index contributed by atoms with van der Waals surface area (Å²) in [7, 11) is -2.02. The van der Waals surface area contributed by atoms with Gasteiger partial charge in [0, 0.05) is 31.3 Å². The summed E-state index contributed by atoms with van der Waals surface area (Å²) in [5, 5.41) is 0. The van der Waals surface area contributed by atoms with Gasteiger partial charge in [-0.1, -0.05) is 36.8 Å². The zero-order chi connectivity index (χ0) is 20.9. The van der Waals surface area contributed by atoms with Gasteiger partial charge in [0.15, 0.2) is 0 Å². The lowest BCUT2D eigenvalue weighted by Crippen LogP contribution is -2.59. The van der Waals surface area contributed by atoms with Crippen LogP contribution >= 0.6 is 0 Å². The van der Waals surface area contributed by atoms with Crippen molar-refractivity contribution in [1.82, 2.24) is 4.31 Å². The molecule has 2 fully saturated rings. The number of Topliss-reactive ketones (excluding diaryl/α,β-unsaturated/α-hetero) is 1. The maximum absolute atomic E-state index is 13.4. The van der Waals surface area contributed by atoms with Gasteiger partial charge in [0.25, 0.3) is 0 Å². The van der Waals surface area contributed by atoms with Crippen LogP contribution in [0, 0.1) is 12.3 Å². The largest absolute Gasteiger partial charge is 0.497 e. The molecule has 1 aliphatic carbocycles. The van der Waals surface area contributed by atoms with Crippen molar-refractivity contribution in [2.45, 2.75) is 43.4 Å². The summed E-state index contributed by atoms with van der Waals surface area (Å²) in [6, 6.07) is 14.7. The summed E-state index contributed by atoms with van der Waals surface area (Å²) in [6.45, 7) is 4.66. The molecule has 4 rings (SSSR count). The number of ether oxygens (including phenoxy) is 1. The fourth-order valence-electron chi connectivity index (χ4n) is 5.17. The van der Waals surface area contributed by atoms with Crippen LogP contribution in [-0.2, 0) is 20.2 Å². The lowest BCUT2D eigenvalue weighted by Gasteiger charge is -2.53. The van der Waals surface area contributed by atoms with Crippen LogP contribution < -0.4 is 4.74 Å². The zero-order valence-electron chi connectivity index (χ0n) is 17.1. The quantitative estimate of drug-likeness (QED) is 0.767. The number of carbonyl (C=O) groups excluding carboxylic acids is 1. The maximum Gasteiger partial charge on any atom is 0.243 e. The minimum Gasteiger partial charge on any atom is -0.497 e. The minimum absolute atomic E-state index is 0.210. The molecular formula is C23H27NO4S. The number of sulfonamides is 1. The highest BCUT2D eigenvalue weighted by Gasteiger charge is 2.54. The summed E-state index contributed by atoms with van der Waals surface area (Å²) < 4.78 is 33.8. The van der Waals surface area contributed by atoms with Crippen molar-refractivity contribution in [2.24, 2.45) is 5.41 Å². The van der Waals surface area contributed by atoms with Crippen LogP contribution in [0.5, 0.6) is 5.75 Å². The monoisotopic (exact) mass is 413 g/mol. The normalized spacial score (nSPS) is 27.6. The predicted octanol–water partition coefficient (Wildman–Crippen LogP) is 3.71. The van der Waals surface area contributed by atoms with Crippen molar-refractivity contribution >= 4 is 15.8 Å². The first-order valence-corrected chi connectivity index (χ1v) is 11.3. The standard InChI is InChI=1S/C23H27NO4S/c1-17-4-10-21(11-5-17)29(26,27)24-15-22(2)12-19(25)13-23(14-22,16-24)18-6-8-20(28-3)9-7-18/h4-11H,12-16H2,1-3H3. The van der Waals surface area contributed by atoms with Crippen molar-refractivity contribution in [3.05, 3.63) is 59.7 Å². The van der Waals surface area contributed by atoms with E-state index in [9.17, 15) is 13.2 Å². The van der Waals surface area contributed by atoms with Crippen LogP contribution in [0.4, 0.5) is 0 Å². The van der Waals surface area contributed by atoms with Gasteiger partial charge in [-0.3, -0.25) is 4.79 Å². The Morgan fingerprint density at radius 2 is 1.62 bits per heavy atom. The van der Waals surface area contributed by atoms with E-state index in [1.54, 1.807) is 23.5 Å². The Bertz CT molecular complexity index is 1030. The van der Waals surface area contributed by atoms with Crippen molar-refractivity contribution in [1.29, 1.82) is 0 Å². The number of hydrogen-bond acceptors (Lipinski definition) is 4. The topological polar surface area (TPSA) is 63.7 Å². The molecule has 2 aromatic carbocycles. The summed E-state index contributed by atoms with van der Waals surface area (Å²) in [5.41, 5.74) is 1.14. The number of benzene rings is 2. The van der Waals surface area contributed by atoms with Crippen molar-refractivity contribution < 1.29 is 17.9 Å². The van der Waals surface area contributed by atoms with Crippen LogP contribution in [0.25, 0.3) is 0 Å². The summed E-state index contributed by atoms with van der Waals surface area (Å²) in [4.78, 5) is 13.0. The number of aryl methyl sites for hydroxylation is 1. The van der Waals surface area contributed by atoms with Crippen molar-refractivity contribution in [3.63, 3.8) is 0 Å². The van der Waals surface area contributed by atoms with E-state index in [1.165, 1.54) is 0 Å². The Balaban J connectivity index is 1.77. The van der Waals surface area contributed by atoms with Gasteiger partial charge in [-0.05, 0) is 48.6 Å². The number of rotatable bonds is 4. The van der Waals surface area contributed by atoms with Crippen molar-refractivity contribution in [2.75, 3.05) is 20.2 Å². The van der Waals surface area contributed by atoms with Crippen LogP contribution in [0.1, 0.15) is 37.3 Å². The number of fused-ring (bicyclic) bond motifs is 2. The Hall–Kier alpha value is -2.18. The highest BCUT2D eigenvalue weighted by molar-refractivity contribution is 7.89. The molecule has 0 aromatic heterocycles. The second-order valence-corrected chi connectivity index (χ2v) is 10.9. The van der Waals surface area contributed by atoms with Gasteiger partial charge in [0.1, 0.15) is 11.5 Å². The molecule has 1 aliphatic heterocycles. The summed E-state index contributed by atoms with van der Waals surface area (Å²) >= 11 is 0. The van der Waals surface area contributed by atoms with E-state index in [2.05, 4.69) is 0 Å². The smallest absolute Gasteiger partial charge is 0.243 e. The summed E-state index contributed by atoms with van der Waals surface area (Å²) in [6.07, 6.45) is 1.59. The highest BCUT2D eigenvalue weighted by Crippen LogP contribution is 2.52.